The van der Waals surface area contributed by atoms with Crippen LogP contribution in [0.15, 0.2) is 72.9 Å². The summed E-state index contributed by atoms with van der Waals surface area (Å²) < 4.78 is 48.1. The monoisotopic (exact) mass is 505 g/mol. The Morgan fingerprint density at radius 3 is 2.58 bits per heavy atom. The number of benzene rings is 3. The van der Waals surface area contributed by atoms with Crippen molar-refractivity contribution in [2.75, 3.05) is 32.6 Å². The lowest BCUT2D eigenvalue weighted by Gasteiger charge is -2.25. The third-order valence-corrected chi connectivity index (χ3v) is 9.68. The van der Waals surface area contributed by atoms with E-state index in [1.165, 1.54) is 30.4 Å². The number of methoxy groups -OCH3 is 1. The van der Waals surface area contributed by atoms with Crippen molar-refractivity contribution >= 4 is 20.9 Å². The van der Waals surface area contributed by atoms with E-state index in [0.717, 1.165) is 22.2 Å². The molecule has 3 atom stereocenters. The molecular weight excluding hydrogens is 477 g/mol. The molecule has 2 aliphatic rings. The smallest absolute Gasteiger partial charge is 0.216 e. The number of nitrogens with zero attached hydrogens (tertiary/aromatic N) is 3. The number of aromatic nitrogens is 2. The molecule has 36 heavy (non-hydrogen) atoms. The van der Waals surface area contributed by atoms with Crippen molar-refractivity contribution in [2.24, 2.45) is 5.92 Å². The van der Waals surface area contributed by atoms with Gasteiger partial charge >= 0.3 is 0 Å². The third kappa shape index (κ3) is 3.58. The van der Waals surface area contributed by atoms with Gasteiger partial charge in [-0.3, -0.25) is 0 Å². The quantitative estimate of drug-likeness (QED) is 0.373. The normalized spacial score (nSPS) is 23.8. The maximum Gasteiger partial charge on any atom is 0.216 e. The number of sulfonamides is 1. The first kappa shape index (κ1) is 23.3. The van der Waals surface area contributed by atoms with Crippen molar-refractivity contribution in [2.45, 2.75) is 18.3 Å². The van der Waals surface area contributed by atoms with Gasteiger partial charge in [-0.25, -0.2) is 21.8 Å². The molecule has 0 N–H and O–H groups in total. The van der Waals surface area contributed by atoms with E-state index in [4.69, 9.17) is 4.74 Å². The highest BCUT2D eigenvalue weighted by atomic mass is 32.2. The van der Waals surface area contributed by atoms with Crippen LogP contribution in [0, 0.1) is 18.7 Å². The summed E-state index contributed by atoms with van der Waals surface area (Å²) in [5.41, 5.74) is 4.98. The van der Waals surface area contributed by atoms with Crippen molar-refractivity contribution in [1.29, 1.82) is 0 Å². The number of ether oxygens (including phenoxy) is 1. The van der Waals surface area contributed by atoms with Gasteiger partial charge in [-0.2, -0.15) is 5.10 Å². The number of rotatable bonds is 7. The summed E-state index contributed by atoms with van der Waals surface area (Å²) in [6.45, 7) is 3.25. The molecule has 0 unspecified atom stereocenters. The number of halogens is 1. The van der Waals surface area contributed by atoms with Crippen molar-refractivity contribution in [3.8, 4) is 5.69 Å². The summed E-state index contributed by atoms with van der Waals surface area (Å²) in [6, 6.07) is 21.0. The summed E-state index contributed by atoms with van der Waals surface area (Å²) >= 11 is 0. The second-order valence-electron chi connectivity index (χ2n) is 9.90. The fourth-order valence-electron chi connectivity index (χ4n) is 6.22. The maximum atomic E-state index is 13.5. The zero-order valence-electron chi connectivity index (χ0n) is 20.3. The fraction of sp³-hybridized carbons (Fsp3) is 0.321. The number of hydrogen-bond donors (Lipinski definition) is 0. The Labute approximate surface area is 210 Å². The lowest BCUT2D eigenvalue weighted by molar-refractivity contribution is 0.215. The summed E-state index contributed by atoms with van der Waals surface area (Å²) in [5.74, 6) is 0.173. The first-order chi connectivity index (χ1) is 17.3. The minimum absolute atomic E-state index is 0.00917. The van der Waals surface area contributed by atoms with Gasteiger partial charge in [-0.15, -0.1) is 0 Å². The minimum Gasteiger partial charge on any atom is -0.384 e. The van der Waals surface area contributed by atoms with Crippen LogP contribution < -0.4 is 0 Å². The molecule has 2 heterocycles. The third-order valence-electron chi connectivity index (χ3n) is 7.93. The predicted molar refractivity (Wildman–Crippen MR) is 137 cm³/mol. The Morgan fingerprint density at radius 1 is 1.11 bits per heavy atom. The van der Waals surface area contributed by atoms with Gasteiger partial charge in [-0.05, 0) is 65.9 Å². The Morgan fingerprint density at radius 2 is 1.86 bits per heavy atom. The minimum atomic E-state index is -3.41. The highest BCUT2D eigenvalue weighted by Gasteiger charge is 2.71. The van der Waals surface area contributed by atoms with Crippen LogP contribution >= 0.6 is 0 Å². The molecule has 1 saturated heterocycles. The lowest BCUT2D eigenvalue weighted by atomic mass is 9.87. The Bertz CT molecular complexity index is 1540. The zero-order valence-corrected chi connectivity index (χ0v) is 21.1. The van der Waals surface area contributed by atoms with E-state index < -0.39 is 10.0 Å². The van der Waals surface area contributed by atoms with E-state index in [0.29, 0.717) is 13.1 Å². The van der Waals surface area contributed by atoms with E-state index in [1.807, 2.05) is 29.1 Å². The van der Waals surface area contributed by atoms with Gasteiger partial charge in [0.25, 0.3) is 0 Å². The topological polar surface area (TPSA) is 64.4 Å². The Hall–Kier alpha value is -3.07. The molecule has 8 heteroatoms. The van der Waals surface area contributed by atoms with Crippen LogP contribution in [0.5, 0.6) is 0 Å². The molecule has 0 amide bonds. The number of fused-ring (bicyclic) bond motifs is 2. The number of aryl methyl sites for hydroxylation is 1. The molecule has 1 saturated carbocycles. The standard InChI is InChI=1S/C28H28FN3O3S/c1-19-14-26-21(16-30-32(26)23-10-8-22(29)9-11-23)15-24(19)28-18-31(36(33,34)13-12-35-2)17-25(28)27(28)20-6-4-3-5-7-20/h3-11,14-16,25,27H,12-13,17-18H2,1-2H3/t25-,27-,28+/m0/s1. The van der Waals surface area contributed by atoms with Crippen LogP contribution in [-0.4, -0.2) is 55.1 Å². The predicted octanol–water partition coefficient (Wildman–Crippen LogP) is 4.42. The molecule has 6 rings (SSSR count). The van der Waals surface area contributed by atoms with Crippen molar-refractivity contribution < 1.29 is 17.5 Å². The van der Waals surface area contributed by atoms with Crippen LogP contribution in [0.2, 0.25) is 0 Å². The summed E-state index contributed by atoms with van der Waals surface area (Å²) in [6.07, 6.45) is 1.83. The molecule has 1 aromatic heterocycles. The van der Waals surface area contributed by atoms with Crippen molar-refractivity contribution in [1.82, 2.24) is 14.1 Å². The SMILES string of the molecule is COCCS(=O)(=O)N1C[C@H]2[C@H](c3ccccc3)[C@@]2(c2cc3cnn(-c4ccc(F)cc4)c3cc2C)C1. The van der Waals surface area contributed by atoms with Gasteiger partial charge in [0.15, 0.2) is 0 Å². The largest absolute Gasteiger partial charge is 0.384 e. The molecule has 186 valence electrons. The van der Waals surface area contributed by atoms with Crippen LogP contribution in [0.3, 0.4) is 0 Å². The Balaban J connectivity index is 1.43. The first-order valence-electron chi connectivity index (χ1n) is 12.1. The second-order valence-corrected chi connectivity index (χ2v) is 12.0. The molecule has 0 bridgehead atoms. The van der Waals surface area contributed by atoms with Crippen LogP contribution in [-0.2, 0) is 20.2 Å². The van der Waals surface area contributed by atoms with E-state index in [2.05, 4.69) is 36.3 Å². The van der Waals surface area contributed by atoms with Crippen LogP contribution in [0.1, 0.15) is 22.6 Å². The first-order valence-corrected chi connectivity index (χ1v) is 13.7. The van der Waals surface area contributed by atoms with E-state index >= 15 is 0 Å². The molecular formula is C28H28FN3O3S. The van der Waals surface area contributed by atoms with E-state index in [-0.39, 0.29) is 35.4 Å². The van der Waals surface area contributed by atoms with Crippen LogP contribution in [0.4, 0.5) is 4.39 Å². The molecule has 6 nitrogen and oxygen atoms in total. The van der Waals surface area contributed by atoms with Gasteiger partial charge < -0.3 is 4.74 Å². The molecule has 4 aromatic rings. The lowest BCUT2D eigenvalue weighted by Crippen LogP contribution is -2.37. The Kier molecular flexibility index (Phi) is 5.51. The van der Waals surface area contributed by atoms with Gasteiger partial charge in [0.05, 0.1) is 29.8 Å². The number of piperidine rings is 1. The van der Waals surface area contributed by atoms with Crippen molar-refractivity contribution in [3.63, 3.8) is 0 Å². The molecule has 2 fully saturated rings. The van der Waals surface area contributed by atoms with Crippen LogP contribution in [0.25, 0.3) is 16.6 Å². The summed E-state index contributed by atoms with van der Waals surface area (Å²) in [5, 5.41) is 5.56. The van der Waals surface area contributed by atoms with E-state index in [9.17, 15) is 12.8 Å². The summed E-state index contributed by atoms with van der Waals surface area (Å²) in [4.78, 5) is 0. The zero-order chi connectivity index (χ0) is 25.1. The van der Waals surface area contributed by atoms with Gasteiger partial charge in [0.2, 0.25) is 10.0 Å². The average molecular weight is 506 g/mol. The van der Waals surface area contributed by atoms with Gasteiger partial charge in [0.1, 0.15) is 5.82 Å². The summed E-state index contributed by atoms with van der Waals surface area (Å²) in [7, 11) is -1.88. The molecule has 1 aliphatic carbocycles. The molecule has 3 aromatic carbocycles. The highest BCUT2D eigenvalue weighted by molar-refractivity contribution is 7.89. The van der Waals surface area contributed by atoms with Crippen molar-refractivity contribution in [3.05, 3.63) is 95.4 Å². The van der Waals surface area contributed by atoms with E-state index in [1.54, 1.807) is 16.4 Å². The average Bonchev–Trinajstić information content (AvgIpc) is 3.15. The maximum absolute atomic E-state index is 13.5. The fourth-order valence-corrected chi connectivity index (χ4v) is 7.65. The molecule has 0 radical (unpaired) electrons. The van der Waals surface area contributed by atoms with Gasteiger partial charge in [-0.1, -0.05) is 30.3 Å². The number of hydrogen-bond acceptors (Lipinski definition) is 4. The molecule has 0 spiro atoms. The molecule has 1 aliphatic heterocycles. The second kappa shape index (κ2) is 8.50. The van der Waals surface area contributed by atoms with Gasteiger partial charge in [0, 0.05) is 36.9 Å². The highest BCUT2D eigenvalue weighted by Crippen LogP contribution is 2.70.